The van der Waals surface area contributed by atoms with Crippen LogP contribution in [0, 0.1) is 6.92 Å². The van der Waals surface area contributed by atoms with Crippen molar-refractivity contribution in [2.45, 2.75) is 38.1 Å². The van der Waals surface area contributed by atoms with Crippen LogP contribution in [0.2, 0.25) is 0 Å². The van der Waals surface area contributed by atoms with Crippen LogP contribution in [0.1, 0.15) is 31.9 Å². The van der Waals surface area contributed by atoms with Gasteiger partial charge in [0.1, 0.15) is 0 Å². The topological polar surface area (TPSA) is 87.3 Å². The van der Waals surface area contributed by atoms with Gasteiger partial charge in [-0.1, -0.05) is 29.8 Å². The van der Waals surface area contributed by atoms with Gasteiger partial charge in [0.15, 0.2) is 5.11 Å². The normalized spacial score (nSPS) is 12.0. The van der Waals surface area contributed by atoms with E-state index in [1.54, 1.807) is 39.0 Å². The molecule has 0 heterocycles. The van der Waals surface area contributed by atoms with E-state index in [2.05, 4.69) is 15.4 Å². The molecule has 154 valence electrons. The number of carbonyl (C=O) groups excluding carboxylic acids is 1. The second-order valence-electron chi connectivity index (χ2n) is 7.57. The second-order valence-corrected chi connectivity index (χ2v) is 9.66. The number of nitrogens with one attached hydrogen (secondary N) is 3. The Hall–Kier alpha value is -2.55. The van der Waals surface area contributed by atoms with Gasteiger partial charge in [-0.3, -0.25) is 10.1 Å². The number of benzene rings is 2. The zero-order valence-corrected chi connectivity index (χ0v) is 18.4. The van der Waals surface area contributed by atoms with Crippen LogP contribution in [-0.4, -0.2) is 25.0 Å². The van der Waals surface area contributed by atoms with Crippen LogP contribution in [0.15, 0.2) is 59.5 Å². The van der Waals surface area contributed by atoms with E-state index < -0.39 is 15.6 Å². The van der Waals surface area contributed by atoms with Gasteiger partial charge in [0.2, 0.25) is 15.9 Å². The molecule has 2 aromatic carbocycles. The third-order valence-corrected chi connectivity index (χ3v) is 5.58. The number of hydrogen-bond donors (Lipinski definition) is 3. The molecule has 3 N–H and O–H groups in total. The van der Waals surface area contributed by atoms with Gasteiger partial charge in [0.25, 0.3) is 0 Å². The molecule has 6 nitrogen and oxygen atoms in total. The maximum atomic E-state index is 12.3. The van der Waals surface area contributed by atoms with Crippen LogP contribution in [0.4, 0.5) is 5.69 Å². The average molecular weight is 432 g/mol. The summed E-state index contributed by atoms with van der Waals surface area (Å²) in [5.41, 5.74) is 2.04. The molecule has 0 fully saturated rings. The Bertz CT molecular complexity index is 1000. The fourth-order valence-corrected chi connectivity index (χ4v) is 3.98. The standard InChI is InChI=1S/C21H25N3O3S2/c1-15-5-7-16(8-6-15)9-14-19(25)23-20(28)22-17-10-12-18(13-11-17)29(26,27)24-21(2,3)4/h5-14,24H,1-4H3,(H2,22,23,25,28)/b14-9+. The Labute approximate surface area is 177 Å². The van der Waals surface area contributed by atoms with Crippen molar-refractivity contribution in [3.63, 3.8) is 0 Å². The molecule has 0 bridgehead atoms. The van der Waals surface area contributed by atoms with Crippen LogP contribution in [0.25, 0.3) is 6.08 Å². The van der Waals surface area contributed by atoms with Gasteiger partial charge in [-0.15, -0.1) is 0 Å². The number of anilines is 1. The molecule has 1 amide bonds. The maximum absolute atomic E-state index is 12.3. The third kappa shape index (κ3) is 7.77. The average Bonchev–Trinajstić information content (AvgIpc) is 2.59. The number of hydrogen-bond acceptors (Lipinski definition) is 4. The van der Waals surface area contributed by atoms with Gasteiger partial charge >= 0.3 is 0 Å². The fourth-order valence-electron chi connectivity index (χ4n) is 2.34. The molecule has 0 saturated carbocycles. The zero-order chi connectivity index (χ0) is 21.7. The summed E-state index contributed by atoms with van der Waals surface area (Å²) in [6.07, 6.45) is 3.09. The molecule has 0 aromatic heterocycles. The molecule has 0 saturated heterocycles. The van der Waals surface area contributed by atoms with Gasteiger partial charge in [0.05, 0.1) is 4.90 Å². The minimum atomic E-state index is -3.61. The monoisotopic (exact) mass is 431 g/mol. The Kier molecular flexibility index (Phi) is 7.29. The summed E-state index contributed by atoms with van der Waals surface area (Å²) in [4.78, 5) is 12.1. The van der Waals surface area contributed by atoms with Crippen molar-refractivity contribution in [1.29, 1.82) is 0 Å². The molecular weight excluding hydrogens is 406 g/mol. The molecule has 0 aliphatic heterocycles. The lowest BCUT2D eigenvalue weighted by molar-refractivity contribution is -0.115. The van der Waals surface area contributed by atoms with Gasteiger partial charge in [0, 0.05) is 17.3 Å². The highest BCUT2D eigenvalue weighted by Crippen LogP contribution is 2.16. The second kappa shape index (κ2) is 9.30. The highest BCUT2D eigenvalue weighted by molar-refractivity contribution is 7.89. The summed E-state index contributed by atoms with van der Waals surface area (Å²) < 4.78 is 27.2. The van der Waals surface area contributed by atoms with E-state index in [0.29, 0.717) is 5.69 Å². The first-order chi connectivity index (χ1) is 13.4. The lowest BCUT2D eigenvalue weighted by Gasteiger charge is -2.20. The van der Waals surface area contributed by atoms with Crippen LogP contribution >= 0.6 is 12.2 Å². The summed E-state index contributed by atoms with van der Waals surface area (Å²) in [7, 11) is -3.61. The van der Waals surface area contributed by atoms with E-state index in [4.69, 9.17) is 12.2 Å². The van der Waals surface area contributed by atoms with Crippen molar-refractivity contribution >= 4 is 45.0 Å². The SMILES string of the molecule is Cc1ccc(/C=C/C(=O)NC(=S)Nc2ccc(S(=O)(=O)NC(C)(C)C)cc2)cc1. The fraction of sp³-hybridized carbons (Fsp3) is 0.238. The number of sulfonamides is 1. The first-order valence-electron chi connectivity index (χ1n) is 8.95. The summed E-state index contributed by atoms with van der Waals surface area (Å²) in [5, 5.41) is 5.52. The molecule has 8 heteroatoms. The van der Waals surface area contributed by atoms with Crippen molar-refractivity contribution in [3.8, 4) is 0 Å². The molecule has 2 aromatic rings. The first kappa shape index (κ1) is 22.7. The predicted molar refractivity (Wildman–Crippen MR) is 121 cm³/mol. The Morgan fingerprint density at radius 3 is 2.14 bits per heavy atom. The summed E-state index contributed by atoms with van der Waals surface area (Å²) in [6, 6.07) is 13.9. The van der Waals surface area contributed by atoms with Gasteiger partial charge in [-0.05, 0) is 75.8 Å². The van der Waals surface area contributed by atoms with Crippen LogP contribution in [-0.2, 0) is 14.8 Å². The molecule has 0 spiro atoms. The van der Waals surface area contributed by atoms with Crippen molar-refractivity contribution in [2.75, 3.05) is 5.32 Å². The lowest BCUT2D eigenvalue weighted by atomic mass is 10.1. The van der Waals surface area contributed by atoms with Crippen molar-refractivity contribution in [1.82, 2.24) is 10.0 Å². The molecule has 0 atom stereocenters. The summed E-state index contributed by atoms with van der Waals surface area (Å²) in [5.74, 6) is -0.364. The number of amides is 1. The molecule has 0 radical (unpaired) electrons. The quantitative estimate of drug-likeness (QED) is 0.497. The first-order valence-corrected chi connectivity index (χ1v) is 10.8. The molecule has 29 heavy (non-hydrogen) atoms. The highest BCUT2D eigenvalue weighted by Gasteiger charge is 2.21. The van der Waals surface area contributed by atoms with Gasteiger partial charge < -0.3 is 5.32 Å². The Balaban J connectivity index is 1.93. The van der Waals surface area contributed by atoms with Crippen molar-refractivity contribution < 1.29 is 13.2 Å². The number of aryl methyl sites for hydroxylation is 1. The van der Waals surface area contributed by atoms with E-state index in [9.17, 15) is 13.2 Å². The van der Waals surface area contributed by atoms with E-state index in [0.717, 1.165) is 11.1 Å². The minimum absolute atomic E-state index is 0.118. The third-order valence-electron chi connectivity index (χ3n) is 3.60. The van der Waals surface area contributed by atoms with Crippen LogP contribution in [0.5, 0.6) is 0 Å². The van der Waals surface area contributed by atoms with Crippen LogP contribution in [0.3, 0.4) is 0 Å². The largest absolute Gasteiger partial charge is 0.332 e. The lowest BCUT2D eigenvalue weighted by Crippen LogP contribution is -2.40. The number of carbonyl (C=O) groups is 1. The molecule has 2 rings (SSSR count). The number of rotatable bonds is 5. The van der Waals surface area contributed by atoms with E-state index in [-0.39, 0.29) is 15.9 Å². The molecule has 0 aliphatic carbocycles. The zero-order valence-electron chi connectivity index (χ0n) is 16.8. The summed E-state index contributed by atoms with van der Waals surface area (Å²) in [6.45, 7) is 7.31. The Morgan fingerprint density at radius 2 is 1.59 bits per heavy atom. The van der Waals surface area contributed by atoms with E-state index in [1.165, 1.54) is 18.2 Å². The minimum Gasteiger partial charge on any atom is -0.332 e. The highest BCUT2D eigenvalue weighted by atomic mass is 32.2. The predicted octanol–water partition coefficient (Wildman–Crippen LogP) is 3.60. The van der Waals surface area contributed by atoms with Crippen molar-refractivity contribution in [2.24, 2.45) is 0 Å². The number of thiocarbonyl (C=S) groups is 1. The summed E-state index contributed by atoms with van der Waals surface area (Å²) >= 11 is 5.13. The maximum Gasteiger partial charge on any atom is 0.250 e. The molecular formula is C21H25N3O3S2. The van der Waals surface area contributed by atoms with Gasteiger partial charge in [-0.25, -0.2) is 13.1 Å². The van der Waals surface area contributed by atoms with E-state index >= 15 is 0 Å². The van der Waals surface area contributed by atoms with Gasteiger partial charge in [-0.2, -0.15) is 0 Å². The van der Waals surface area contributed by atoms with Crippen molar-refractivity contribution in [3.05, 3.63) is 65.7 Å². The Morgan fingerprint density at radius 1 is 1.00 bits per heavy atom. The van der Waals surface area contributed by atoms with Crippen LogP contribution < -0.4 is 15.4 Å². The molecule has 0 unspecified atom stereocenters. The molecule has 0 aliphatic rings. The smallest absolute Gasteiger partial charge is 0.250 e. The van der Waals surface area contributed by atoms with E-state index in [1.807, 2.05) is 31.2 Å².